The Balaban J connectivity index is 2.31. The minimum atomic E-state index is -0.285. The molecule has 0 saturated carbocycles. The van der Waals surface area contributed by atoms with Gasteiger partial charge in [0.05, 0.1) is 0 Å². The molecule has 0 bridgehead atoms. The molecule has 0 saturated heterocycles. The molecule has 0 amide bonds. The van der Waals surface area contributed by atoms with Crippen LogP contribution in [0.3, 0.4) is 0 Å². The quantitative estimate of drug-likeness (QED) is 0.187. The zero-order valence-corrected chi connectivity index (χ0v) is 18.0. The van der Waals surface area contributed by atoms with Crippen molar-refractivity contribution in [3.05, 3.63) is 24.3 Å². The van der Waals surface area contributed by atoms with E-state index in [1.165, 1.54) is 38.5 Å². The number of benzene rings is 1. The predicted octanol–water partition coefficient (Wildman–Crippen LogP) is 6.85. The third-order valence-corrected chi connectivity index (χ3v) is 4.69. The molecule has 0 aliphatic rings. The van der Waals surface area contributed by atoms with Crippen molar-refractivity contribution in [2.75, 3.05) is 0 Å². The Kier molecular flexibility index (Phi) is 13.1. The lowest BCUT2D eigenvalue weighted by Gasteiger charge is -2.11. The van der Waals surface area contributed by atoms with E-state index in [0.717, 1.165) is 25.7 Å². The van der Waals surface area contributed by atoms with Gasteiger partial charge in [0.1, 0.15) is 0 Å². The Morgan fingerprint density at radius 2 is 1.21 bits per heavy atom. The molecule has 1 aromatic rings. The first-order valence-corrected chi connectivity index (χ1v) is 11.0. The van der Waals surface area contributed by atoms with Gasteiger partial charge in [0.25, 0.3) is 0 Å². The van der Waals surface area contributed by atoms with Crippen LogP contribution in [-0.2, 0) is 9.59 Å². The smallest absolute Gasteiger partial charge is 0.311 e. The van der Waals surface area contributed by atoms with Crippen LogP contribution < -0.4 is 9.47 Å². The standard InChI is InChI=1S/C24H38O4/c1-4-5-6-7-8-9-10-11-18-23(25)27-21-16-12-13-17-22(21)28-24(26)19-14-15-20(2)3/h12-13,16-17,20H,4-11,14-15,18-19H2,1-3H3. The van der Waals surface area contributed by atoms with Crippen LogP contribution in [0.1, 0.15) is 97.8 Å². The van der Waals surface area contributed by atoms with Gasteiger partial charge in [-0.3, -0.25) is 9.59 Å². The minimum absolute atomic E-state index is 0.269. The molecule has 0 atom stereocenters. The van der Waals surface area contributed by atoms with Gasteiger partial charge >= 0.3 is 11.9 Å². The number of para-hydroxylation sites is 2. The van der Waals surface area contributed by atoms with E-state index in [0.29, 0.717) is 30.3 Å². The van der Waals surface area contributed by atoms with Gasteiger partial charge < -0.3 is 9.47 Å². The van der Waals surface area contributed by atoms with E-state index in [9.17, 15) is 9.59 Å². The summed E-state index contributed by atoms with van der Waals surface area (Å²) in [5.74, 6) is 0.657. The van der Waals surface area contributed by atoms with Gasteiger partial charge in [0, 0.05) is 12.8 Å². The molecule has 1 aromatic carbocycles. The van der Waals surface area contributed by atoms with Crippen LogP contribution in [0.25, 0.3) is 0 Å². The lowest BCUT2D eigenvalue weighted by atomic mass is 10.1. The molecule has 0 aliphatic carbocycles. The first-order valence-electron chi connectivity index (χ1n) is 11.0. The van der Waals surface area contributed by atoms with Crippen molar-refractivity contribution in [3.8, 4) is 11.5 Å². The summed E-state index contributed by atoms with van der Waals surface area (Å²) in [5, 5.41) is 0. The van der Waals surface area contributed by atoms with Gasteiger partial charge in [-0.05, 0) is 30.9 Å². The summed E-state index contributed by atoms with van der Waals surface area (Å²) in [6.45, 7) is 6.48. The topological polar surface area (TPSA) is 52.6 Å². The highest BCUT2D eigenvalue weighted by atomic mass is 16.6. The van der Waals surface area contributed by atoms with Crippen LogP contribution >= 0.6 is 0 Å². The fraction of sp³-hybridized carbons (Fsp3) is 0.667. The van der Waals surface area contributed by atoms with Crippen LogP contribution in [-0.4, -0.2) is 11.9 Å². The summed E-state index contributed by atoms with van der Waals surface area (Å²) < 4.78 is 10.8. The van der Waals surface area contributed by atoms with Crippen molar-refractivity contribution in [1.29, 1.82) is 0 Å². The molecule has 0 unspecified atom stereocenters. The van der Waals surface area contributed by atoms with Crippen molar-refractivity contribution >= 4 is 11.9 Å². The largest absolute Gasteiger partial charge is 0.423 e. The first-order chi connectivity index (χ1) is 13.5. The summed E-state index contributed by atoms with van der Waals surface area (Å²) in [6, 6.07) is 6.88. The molecule has 0 fully saturated rings. The molecule has 1 rings (SSSR count). The summed E-state index contributed by atoms with van der Waals surface area (Å²) in [4.78, 5) is 24.1. The third kappa shape index (κ3) is 11.8. The molecule has 28 heavy (non-hydrogen) atoms. The molecule has 158 valence electrons. The lowest BCUT2D eigenvalue weighted by Crippen LogP contribution is -2.12. The fourth-order valence-corrected chi connectivity index (χ4v) is 3.02. The van der Waals surface area contributed by atoms with Crippen molar-refractivity contribution in [3.63, 3.8) is 0 Å². The van der Waals surface area contributed by atoms with Crippen LogP contribution in [0, 0.1) is 5.92 Å². The van der Waals surface area contributed by atoms with Gasteiger partial charge in [0.2, 0.25) is 0 Å². The second-order valence-electron chi connectivity index (χ2n) is 7.91. The van der Waals surface area contributed by atoms with E-state index >= 15 is 0 Å². The summed E-state index contributed by atoms with van der Waals surface area (Å²) >= 11 is 0. The maximum Gasteiger partial charge on any atom is 0.311 e. The molecular weight excluding hydrogens is 352 g/mol. The van der Waals surface area contributed by atoms with Crippen LogP contribution in [0.5, 0.6) is 11.5 Å². The Hall–Kier alpha value is -1.84. The van der Waals surface area contributed by atoms with E-state index in [2.05, 4.69) is 20.8 Å². The number of ether oxygens (including phenoxy) is 2. The van der Waals surface area contributed by atoms with E-state index < -0.39 is 0 Å². The number of esters is 2. The van der Waals surface area contributed by atoms with Gasteiger partial charge in [-0.15, -0.1) is 0 Å². The number of hydrogen-bond acceptors (Lipinski definition) is 4. The highest BCUT2D eigenvalue weighted by molar-refractivity contribution is 5.76. The second kappa shape index (κ2) is 15.1. The minimum Gasteiger partial charge on any atom is -0.423 e. The van der Waals surface area contributed by atoms with E-state index in [4.69, 9.17) is 9.47 Å². The molecule has 0 N–H and O–H groups in total. The molecule has 4 nitrogen and oxygen atoms in total. The Bertz CT molecular complexity index is 565. The first kappa shape index (κ1) is 24.2. The van der Waals surface area contributed by atoms with Gasteiger partial charge in [0.15, 0.2) is 11.5 Å². The Morgan fingerprint density at radius 3 is 1.71 bits per heavy atom. The van der Waals surface area contributed by atoms with Crippen molar-refractivity contribution in [2.45, 2.75) is 97.8 Å². The maximum atomic E-state index is 12.1. The average Bonchev–Trinajstić information content (AvgIpc) is 2.65. The number of carbonyl (C=O) groups excluding carboxylic acids is 2. The number of hydrogen-bond donors (Lipinski definition) is 0. The molecule has 0 aromatic heterocycles. The highest BCUT2D eigenvalue weighted by Crippen LogP contribution is 2.27. The molecule has 4 heteroatoms. The maximum absolute atomic E-state index is 12.1. The monoisotopic (exact) mass is 390 g/mol. The summed E-state index contributed by atoms with van der Waals surface area (Å²) in [7, 11) is 0. The SMILES string of the molecule is CCCCCCCCCCC(=O)Oc1ccccc1OC(=O)CCCC(C)C. The highest BCUT2D eigenvalue weighted by Gasteiger charge is 2.13. The molecule has 0 heterocycles. The van der Waals surface area contributed by atoms with Crippen LogP contribution in [0.15, 0.2) is 24.3 Å². The number of carbonyl (C=O) groups is 2. The number of unbranched alkanes of at least 4 members (excludes halogenated alkanes) is 7. The third-order valence-electron chi connectivity index (χ3n) is 4.69. The lowest BCUT2D eigenvalue weighted by molar-refractivity contribution is -0.137. The predicted molar refractivity (Wildman–Crippen MR) is 114 cm³/mol. The van der Waals surface area contributed by atoms with Crippen LogP contribution in [0.2, 0.25) is 0 Å². The van der Waals surface area contributed by atoms with E-state index in [1.807, 2.05) is 0 Å². The van der Waals surface area contributed by atoms with Gasteiger partial charge in [-0.25, -0.2) is 0 Å². The van der Waals surface area contributed by atoms with E-state index in [-0.39, 0.29) is 11.9 Å². The molecular formula is C24H38O4. The van der Waals surface area contributed by atoms with E-state index in [1.54, 1.807) is 24.3 Å². The van der Waals surface area contributed by atoms with Crippen LogP contribution in [0.4, 0.5) is 0 Å². The Morgan fingerprint density at radius 1 is 0.750 bits per heavy atom. The summed E-state index contributed by atoms with van der Waals surface area (Å²) in [6.07, 6.45) is 12.0. The summed E-state index contributed by atoms with van der Waals surface area (Å²) in [5.41, 5.74) is 0. The van der Waals surface area contributed by atoms with Crippen molar-refractivity contribution < 1.29 is 19.1 Å². The number of rotatable bonds is 15. The fourth-order valence-electron chi connectivity index (χ4n) is 3.02. The average molecular weight is 391 g/mol. The molecule has 0 aliphatic heterocycles. The Labute approximate surface area is 171 Å². The second-order valence-corrected chi connectivity index (χ2v) is 7.91. The molecule has 0 radical (unpaired) electrons. The normalized spacial score (nSPS) is 10.9. The zero-order valence-electron chi connectivity index (χ0n) is 18.0. The molecule has 0 spiro atoms. The van der Waals surface area contributed by atoms with Crippen molar-refractivity contribution in [2.24, 2.45) is 5.92 Å². The van der Waals surface area contributed by atoms with Crippen molar-refractivity contribution in [1.82, 2.24) is 0 Å². The zero-order chi connectivity index (χ0) is 20.6. The van der Waals surface area contributed by atoms with Gasteiger partial charge in [-0.1, -0.05) is 84.3 Å². The van der Waals surface area contributed by atoms with Gasteiger partial charge in [-0.2, -0.15) is 0 Å².